The van der Waals surface area contributed by atoms with Crippen LogP contribution >= 0.6 is 34.8 Å². The van der Waals surface area contributed by atoms with Gasteiger partial charge in [-0.05, 0) is 54.6 Å². The van der Waals surface area contributed by atoms with Crippen LogP contribution in [0.4, 0.5) is 20.6 Å². The van der Waals surface area contributed by atoms with E-state index in [-0.39, 0.29) is 23.9 Å². The van der Waals surface area contributed by atoms with E-state index in [0.717, 1.165) is 6.07 Å². The van der Waals surface area contributed by atoms with Gasteiger partial charge in [0, 0.05) is 28.0 Å². The van der Waals surface area contributed by atoms with Crippen molar-refractivity contribution in [2.24, 2.45) is 0 Å². The Morgan fingerprint density at radius 1 is 0.909 bits per heavy atom. The smallest absolute Gasteiger partial charge is 0.323 e. The van der Waals surface area contributed by atoms with Crippen molar-refractivity contribution in [2.75, 3.05) is 10.6 Å². The summed E-state index contributed by atoms with van der Waals surface area (Å²) in [6, 6.07) is 14.9. The SMILES string of the molecule is O=C(Nc1ccc(OCc2nnc(-c3ccc(Cl)cc3)o2)c(F)c1)Nc1ccc(Cl)c(Cl)c1. The zero-order chi connectivity index (χ0) is 23.4. The first-order valence-electron chi connectivity index (χ1n) is 9.41. The number of carbonyl (C=O) groups excluding carboxylic acids is 1. The number of rotatable bonds is 6. The maximum Gasteiger partial charge on any atom is 0.323 e. The fourth-order valence-corrected chi connectivity index (χ4v) is 3.15. The summed E-state index contributed by atoms with van der Waals surface area (Å²) in [5, 5.41) is 14.2. The average Bonchev–Trinajstić information content (AvgIpc) is 3.25. The number of amides is 2. The van der Waals surface area contributed by atoms with Crippen LogP contribution in [0.15, 0.2) is 65.1 Å². The lowest BCUT2D eigenvalue weighted by Crippen LogP contribution is -2.19. The lowest BCUT2D eigenvalue weighted by atomic mass is 10.2. The van der Waals surface area contributed by atoms with Gasteiger partial charge < -0.3 is 19.8 Å². The number of nitrogens with one attached hydrogen (secondary N) is 2. The highest BCUT2D eigenvalue weighted by Crippen LogP contribution is 2.26. The minimum atomic E-state index is -0.681. The minimum Gasteiger partial charge on any atom is -0.481 e. The van der Waals surface area contributed by atoms with Crippen molar-refractivity contribution in [3.8, 4) is 17.2 Å². The van der Waals surface area contributed by atoms with E-state index >= 15 is 0 Å². The van der Waals surface area contributed by atoms with E-state index in [2.05, 4.69) is 20.8 Å². The molecule has 0 saturated heterocycles. The second-order valence-corrected chi connectivity index (χ2v) is 7.90. The van der Waals surface area contributed by atoms with Crippen molar-refractivity contribution in [1.82, 2.24) is 10.2 Å². The van der Waals surface area contributed by atoms with E-state index in [1.165, 1.54) is 18.2 Å². The Labute approximate surface area is 202 Å². The molecule has 1 heterocycles. The molecule has 3 aromatic carbocycles. The Kier molecular flexibility index (Phi) is 6.98. The van der Waals surface area contributed by atoms with E-state index in [1.807, 2.05) is 0 Å². The number of hydrogen-bond donors (Lipinski definition) is 2. The maximum atomic E-state index is 14.4. The summed E-state index contributed by atoms with van der Waals surface area (Å²) in [6.45, 7) is -0.137. The van der Waals surface area contributed by atoms with Crippen LogP contribution in [-0.4, -0.2) is 16.2 Å². The molecule has 4 rings (SSSR count). The summed E-state index contributed by atoms with van der Waals surface area (Å²) in [5.41, 5.74) is 1.35. The van der Waals surface area contributed by atoms with Crippen molar-refractivity contribution in [3.05, 3.63) is 87.4 Å². The largest absolute Gasteiger partial charge is 0.481 e. The predicted molar refractivity (Wildman–Crippen MR) is 125 cm³/mol. The van der Waals surface area contributed by atoms with Crippen LogP contribution in [0.2, 0.25) is 15.1 Å². The molecule has 7 nitrogen and oxygen atoms in total. The van der Waals surface area contributed by atoms with E-state index in [9.17, 15) is 9.18 Å². The van der Waals surface area contributed by atoms with Gasteiger partial charge in [0.15, 0.2) is 18.2 Å². The Morgan fingerprint density at radius 3 is 2.30 bits per heavy atom. The molecule has 33 heavy (non-hydrogen) atoms. The fourth-order valence-electron chi connectivity index (χ4n) is 2.72. The van der Waals surface area contributed by atoms with Gasteiger partial charge in [0.25, 0.3) is 5.89 Å². The summed E-state index contributed by atoms with van der Waals surface area (Å²) >= 11 is 17.6. The lowest BCUT2D eigenvalue weighted by molar-refractivity contribution is 0.253. The molecule has 4 aromatic rings. The molecule has 2 N–H and O–H groups in total. The molecular weight excluding hydrogens is 494 g/mol. The highest BCUT2D eigenvalue weighted by molar-refractivity contribution is 6.42. The highest BCUT2D eigenvalue weighted by Gasteiger charge is 2.12. The van der Waals surface area contributed by atoms with Gasteiger partial charge in [-0.25, -0.2) is 9.18 Å². The van der Waals surface area contributed by atoms with E-state index in [0.29, 0.717) is 32.2 Å². The fraction of sp³-hybridized carbons (Fsp3) is 0.0455. The van der Waals surface area contributed by atoms with Gasteiger partial charge in [0.05, 0.1) is 10.0 Å². The Bertz CT molecular complexity index is 1300. The monoisotopic (exact) mass is 506 g/mol. The van der Waals surface area contributed by atoms with Crippen molar-refractivity contribution in [1.29, 1.82) is 0 Å². The normalized spacial score (nSPS) is 10.7. The molecule has 168 valence electrons. The quantitative estimate of drug-likeness (QED) is 0.292. The zero-order valence-electron chi connectivity index (χ0n) is 16.6. The molecule has 0 bridgehead atoms. The zero-order valence-corrected chi connectivity index (χ0v) is 18.9. The van der Waals surface area contributed by atoms with Gasteiger partial charge in [-0.15, -0.1) is 10.2 Å². The number of urea groups is 1. The molecule has 0 radical (unpaired) electrons. The van der Waals surface area contributed by atoms with Crippen LogP contribution in [0.1, 0.15) is 5.89 Å². The number of carbonyl (C=O) groups is 1. The molecule has 11 heteroatoms. The van der Waals surface area contributed by atoms with Crippen LogP contribution < -0.4 is 15.4 Å². The third-order valence-corrected chi connectivity index (χ3v) is 5.27. The lowest BCUT2D eigenvalue weighted by Gasteiger charge is -2.10. The van der Waals surface area contributed by atoms with Crippen molar-refractivity contribution in [3.63, 3.8) is 0 Å². The van der Waals surface area contributed by atoms with Gasteiger partial charge in [-0.1, -0.05) is 34.8 Å². The predicted octanol–water partition coefficient (Wildman–Crippen LogP) is 7.06. The van der Waals surface area contributed by atoms with E-state index in [1.54, 1.807) is 36.4 Å². The van der Waals surface area contributed by atoms with E-state index in [4.69, 9.17) is 44.0 Å². The molecule has 2 amide bonds. The molecule has 0 unspecified atom stereocenters. The molecule has 1 aromatic heterocycles. The number of benzene rings is 3. The molecule has 0 aliphatic carbocycles. The van der Waals surface area contributed by atoms with Crippen molar-refractivity contribution in [2.45, 2.75) is 6.61 Å². The van der Waals surface area contributed by atoms with Crippen LogP contribution in [0.25, 0.3) is 11.5 Å². The third-order valence-electron chi connectivity index (χ3n) is 4.28. The van der Waals surface area contributed by atoms with Crippen molar-refractivity contribution >= 4 is 52.2 Å². The van der Waals surface area contributed by atoms with Crippen LogP contribution in [0.5, 0.6) is 5.75 Å². The molecule has 0 atom stereocenters. The third kappa shape index (κ3) is 5.92. The molecule has 0 aliphatic rings. The number of anilines is 2. The molecule has 0 spiro atoms. The summed E-state index contributed by atoms with van der Waals surface area (Å²) in [6.07, 6.45) is 0. The number of ether oxygens (including phenoxy) is 1. The van der Waals surface area contributed by atoms with Crippen LogP contribution in [0, 0.1) is 5.82 Å². The number of nitrogens with zero attached hydrogens (tertiary/aromatic N) is 2. The Balaban J connectivity index is 1.34. The summed E-state index contributed by atoms with van der Waals surface area (Å²) < 4.78 is 25.4. The standard InChI is InChI=1S/C22H14Cl3FN4O3/c23-13-3-1-12(2-4-13)21-30-29-20(33-21)11-32-19-8-6-15(10-18(19)26)28-22(31)27-14-5-7-16(24)17(25)9-14/h1-10H,11H2,(H2,27,28,31). The first kappa shape index (κ1) is 22.8. The molecule has 0 saturated carbocycles. The number of aromatic nitrogens is 2. The highest BCUT2D eigenvalue weighted by atomic mass is 35.5. The Morgan fingerprint density at radius 2 is 1.61 bits per heavy atom. The van der Waals surface area contributed by atoms with Gasteiger partial charge in [0.2, 0.25) is 5.89 Å². The van der Waals surface area contributed by atoms with Gasteiger partial charge in [-0.2, -0.15) is 0 Å². The second-order valence-electron chi connectivity index (χ2n) is 6.65. The maximum absolute atomic E-state index is 14.4. The van der Waals surface area contributed by atoms with Crippen LogP contribution in [-0.2, 0) is 6.61 Å². The van der Waals surface area contributed by atoms with Gasteiger partial charge >= 0.3 is 6.03 Å². The van der Waals surface area contributed by atoms with Crippen molar-refractivity contribution < 1.29 is 18.3 Å². The molecular formula is C22H14Cl3FN4O3. The number of hydrogen-bond acceptors (Lipinski definition) is 5. The van der Waals surface area contributed by atoms with E-state index < -0.39 is 11.8 Å². The second kappa shape index (κ2) is 10.1. The molecule has 0 fully saturated rings. The molecule has 0 aliphatic heterocycles. The average molecular weight is 508 g/mol. The summed E-state index contributed by atoms with van der Waals surface area (Å²) in [5.74, 6) is -0.266. The Hall–Kier alpha value is -3.33. The topological polar surface area (TPSA) is 89.3 Å². The van der Waals surface area contributed by atoms with Gasteiger partial charge in [-0.3, -0.25) is 0 Å². The minimum absolute atomic E-state index is 0.0447. The van der Waals surface area contributed by atoms with Crippen LogP contribution in [0.3, 0.4) is 0 Å². The van der Waals surface area contributed by atoms with Gasteiger partial charge in [0.1, 0.15) is 0 Å². The summed E-state index contributed by atoms with van der Waals surface area (Å²) in [4.78, 5) is 12.1. The first-order chi connectivity index (χ1) is 15.9. The summed E-state index contributed by atoms with van der Waals surface area (Å²) in [7, 11) is 0. The first-order valence-corrected chi connectivity index (χ1v) is 10.5. The number of halogens is 4.